The topological polar surface area (TPSA) is 44.8 Å². The Morgan fingerprint density at radius 1 is 1.19 bits per heavy atom. The van der Waals surface area contributed by atoms with Gasteiger partial charge in [0.2, 0.25) is 5.91 Å². The fourth-order valence-electron chi connectivity index (χ4n) is 3.31. The van der Waals surface area contributed by atoms with Crippen molar-refractivity contribution < 1.29 is 9.53 Å². The van der Waals surface area contributed by atoms with Crippen LogP contribution in [0.5, 0.6) is 0 Å². The molecule has 0 atom stereocenters. The molecule has 0 radical (unpaired) electrons. The second kappa shape index (κ2) is 8.71. The Labute approximate surface area is 129 Å². The van der Waals surface area contributed by atoms with Gasteiger partial charge in [-0.2, -0.15) is 0 Å². The normalized spacial score (nSPS) is 22.0. The molecule has 0 saturated carbocycles. The summed E-state index contributed by atoms with van der Waals surface area (Å²) in [6.45, 7) is 5.65. The standard InChI is InChI=1S/C16H31N3O2/c1-18(2)13-14-5-10-19(11-6-14)16(20)7-12-21-15-3-8-17-9-4-15/h14-15,17H,3-13H2,1-2H3. The highest BCUT2D eigenvalue weighted by Crippen LogP contribution is 2.18. The van der Waals surface area contributed by atoms with Crippen LogP contribution in [0, 0.1) is 5.92 Å². The van der Waals surface area contributed by atoms with E-state index >= 15 is 0 Å². The summed E-state index contributed by atoms with van der Waals surface area (Å²) in [7, 11) is 4.24. The van der Waals surface area contributed by atoms with Crippen molar-refractivity contribution in [1.29, 1.82) is 0 Å². The Balaban J connectivity index is 1.58. The van der Waals surface area contributed by atoms with Crippen LogP contribution in [0.1, 0.15) is 32.1 Å². The Hall–Kier alpha value is -0.650. The summed E-state index contributed by atoms with van der Waals surface area (Å²) in [5, 5.41) is 3.32. The van der Waals surface area contributed by atoms with E-state index in [1.165, 1.54) is 0 Å². The highest BCUT2D eigenvalue weighted by Gasteiger charge is 2.23. The predicted molar refractivity (Wildman–Crippen MR) is 84.3 cm³/mol. The first-order chi connectivity index (χ1) is 10.1. The Bertz CT molecular complexity index is 309. The summed E-state index contributed by atoms with van der Waals surface area (Å²) in [5.41, 5.74) is 0. The number of carbonyl (C=O) groups is 1. The first kappa shape index (κ1) is 16.7. The van der Waals surface area contributed by atoms with Crippen LogP contribution in [0.15, 0.2) is 0 Å². The van der Waals surface area contributed by atoms with E-state index in [9.17, 15) is 4.79 Å². The average Bonchev–Trinajstić information content (AvgIpc) is 2.48. The lowest BCUT2D eigenvalue weighted by molar-refractivity contribution is -0.134. The molecule has 0 bridgehead atoms. The van der Waals surface area contributed by atoms with Crippen molar-refractivity contribution in [2.24, 2.45) is 5.92 Å². The van der Waals surface area contributed by atoms with Crippen LogP contribution in [0.4, 0.5) is 0 Å². The van der Waals surface area contributed by atoms with Gasteiger partial charge in [-0.05, 0) is 58.8 Å². The van der Waals surface area contributed by atoms with Gasteiger partial charge in [0.05, 0.1) is 19.1 Å². The van der Waals surface area contributed by atoms with Crippen LogP contribution in [0.2, 0.25) is 0 Å². The van der Waals surface area contributed by atoms with Crippen LogP contribution in [0.3, 0.4) is 0 Å². The number of ether oxygens (including phenoxy) is 1. The van der Waals surface area contributed by atoms with E-state index in [0.29, 0.717) is 19.1 Å². The number of hydrogen-bond donors (Lipinski definition) is 1. The third-order valence-electron chi connectivity index (χ3n) is 4.55. The fraction of sp³-hybridized carbons (Fsp3) is 0.938. The predicted octanol–water partition coefficient (Wildman–Crippen LogP) is 0.945. The summed E-state index contributed by atoms with van der Waals surface area (Å²) in [6.07, 6.45) is 5.32. The lowest BCUT2D eigenvalue weighted by Gasteiger charge is -2.33. The van der Waals surface area contributed by atoms with E-state index in [0.717, 1.165) is 64.3 Å². The molecule has 0 unspecified atom stereocenters. The monoisotopic (exact) mass is 297 g/mol. The molecule has 0 aromatic carbocycles. The zero-order valence-corrected chi connectivity index (χ0v) is 13.6. The molecule has 0 aliphatic carbocycles. The summed E-state index contributed by atoms with van der Waals surface area (Å²) in [6, 6.07) is 0. The van der Waals surface area contributed by atoms with Gasteiger partial charge in [-0.25, -0.2) is 0 Å². The van der Waals surface area contributed by atoms with Crippen molar-refractivity contribution in [3.63, 3.8) is 0 Å². The highest BCUT2D eigenvalue weighted by atomic mass is 16.5. The zero-order valence-electron chi connectivity index (χ0n) is 13.6. The molecule has 0 spiro atoms. The lowest BCUT2D eigenvalue weighted by Crippen LogP contribution is -2.41. The maximum Gasteiger partial charge on any atom is 0.224 e. The van der Waals surface area contributed by atoms with Crippen molar-refractivity contribution in [3.8, 4) is 0 Å². The summed E-state index contributed by atoms with van der Waals surface area (Å²) < 4.78 is 5.82. The third-order valence-corrected chi connectivity index (χ3v) is 4.55. The Morgan fingerprint density at radius 2 is 1.86 bits per heavy atom. The van der Waals surface area contributed by atoms with Gasteiger partial charge >= 0.3 is 0 Å². The molecule has 2 heterocycles. The fourth-order valence-corrected chi connectivity index (χ4v) is 3.31. The van der Waals surface area contributed by atoms with Gasteiger partial charge in [-0.1, -0.05) is 0 Å². The van der Waals surface area contributed by atoms with E-state index < -0.39 is 0 Å². The zero-order chi connectivity index (χ0) is 15.1. The molecule has 0 aromatic heterocycles. The molecule has 2 fully saturated rings. The molecule has 5 nitrogen and oxygen atoms in total. The van der Waals surface area contributed by atoms with Crippen molar-refractivity contribution in [2.45, 2.75) is 38.2 Å². The average molecular weight is 297 g/mol. The minimum atomic E-state index is 0.271. The smallest absolute Gasteiger partial charge is 0.224 e. The van der Waals surface area contributed by atoms with E-state index in [1.54, 1.807) is 0 Å². The molecular formula is C16H31N3O2. The molecule has 122 valence electrons. The van der Waals surface area contributed by atoms with Crippen LogP contribution in [0.25, 0.3) is 0 Å². The lowest BCUT2D eigenvalue weighted by atomic mass is 9.96. The number of piperidine rings is 2. The maximum atomic E-state index is 12.2. The first-order valence-corrected chi connectivity index (χ1v) is 8.40. The largest absolute Gasteiger partial charge is 0.378 e. The van der Waals surface area contributed by atoms with Crippen LogP contribution >= 0.6 is 0 Å². The Morgan fingerprint density at radius 3 is 2.48 bits per heavy atom. The first-order valence-electron chi connectivity index (χ1n) is 8.40. The van der Waals surface area contributed by atoms with Gasteiger partial charge in [-0.15, -0.1) is 0 Å². The molecule has 0 aromatic rings. The number of hydrogen-bond acceptors (Lipinski definition) is 4. The second-order valence-corrected chi connectivity index (χ2v) is 6.66. The number of carbonyl (C=O) groups excluding carboxylic acids is 1. The summed E-state index contributed by atoms with van der Waals surface area (Å²) >= 11 is 0. The van der Waals surface area contributed by atoms with Crippen molar-refractivity contribution in [3.05, 3.63) is 0 Å². The summed E-state index contributed by atoms with van der Waals surface area (Å²) in [4.78, 5) is 16.5. The van der Waals surface area contributed by atoms with Crippen LogP contribution in [-0.2, 0) is 9.53 Å². The third kappa shape index (κ3) is 5.93. The molecule has 1 amide bonds. The number of amides is 1. The second-order valence-electron chi connectivity index (χ2n) is 6.66. The quantitative estimate of drug-likeness (QED) is 0.793. The number of likely N-dealkylation sites (tertiary alicyclic amines) is 1. The van der Waals surface area contributed by atoms with E-state index in [-0.39, 0.29) is 5.91 Å². The molecule has 2 aliphatic heterocycles. The minimum Gasteiger partial charge on any atom is -0.378 e. The highest BCUT2D eigenvalue weighted by molar-refractivity contribution is 5.76. The van der Waals surface area contributed by atoms with Crippen molar-refractivity contribution in [2.75, 3.05) is 53.4 Å². The molecule has 1 N–H and O–H groups in total. The number of nitrogens with zero attached hydrogens (tertiary/aromatic N) is 2. The molecule has 2 aliphatic rings. The van der Waals surface area contributed by atoms with Gasteiger partial charge in [-0.3, -0.25) is 4.79 Å². The van der Waals surface area contributed by atoms with Gasteiger partial charge in [0.1, 0.15) is 0 Å². The SMILES string of the molecule is CN(C)CC1CCN(C(=O)CCOC2CCNCC2)CC1. The van der Waals surface area contributed by atoms with E-state index in [1.807, 2.05) is 4.90 Å². The van der Waals surface area contributed by atoms with E-state index in [4.69, 9.17) is 4.74 Å². The molecule has 21 heavy (non-hydrogen) atoms. The molecular weight excluding hydrogens is 266 g/mol. The number of nitrogens with one attached hydrogen (secondary N) is 1. The molecule has 2 saturated heterocycles. The maximum absolute atomic E-state index is 12.2. The van der Waals surface area contributed by atoms with E-state index in [2.05, 4.69) is 24.3 Å². The summed E-state index contributed by atoms with van der Waals surface area (Å²) in [5.74, 6) is 1.02. The van der Waals surface area contributed by atoms with Gasteiger partial charge < -0.3 is 19.9 Å². The molecule has 2 rings (SSSR count). The van der Waals surface area contributed by atoms with Crippen molar-refractivity contribution in [1.82, 2.24) is 15.1 Å². The van der Waals surface area contributed by atoms with Gasteiger partial charge in [0.25, 0.3) is 0 Å². The van der Waals surface area contributed by atoms with Crippen molar-refractivity contribution >= 4 is 5.91 Å². The minimum absolute atomic E-state index is 0.271. The Kier molecular flexibility index (Phi) is 6.93. The number of rotatable bonds is 6. The van der Waals surface area contributed by atoms with Crippen LogP contribution in [-0.4, -0.2) is 75.2 Å². The van der Waals surface area contributed by atoms with Gasteiger partial charge in [0.15, 0.2) is 0 Å². The van der Waals surface area contributed by atoms with Crippen LogP contribution < -0.4 is 5.32 Å². The van der Waals surface area contributed by atoms with Gasteiger partial charge in [0, 0.05) is 19.6 Å². The molecule has 5 heteroatoms.